The van der Waals surface area contributed by atoms with Crippen LogP contribution in [0.3, 0.4) is 0 Å². The number of benzene rings is 1. The quantitative estimate of drug-likeness (QED) is 0.249. The standard InChI is InChI=1S/C24H44F2N2P2Se2/c1-21(2,3)29(31,22(4,5)6)15-27-19-13-17(25)18(26)14-20(19)28-16-30(32,23(7,8)9)24(10,11)12/h13-14,27-28H,15-16H2,1-12H3. The van der Waals surface area contributed by atoms with Gasteiger partial charge in [0.25, 0.3) is 0 Å². The summed E-state index contributed by atoms with van der Waals surface area (Å²) in [5.74, 6) is -1.66. The van der Waals surface area contributed by atoms with Crippen LogP contribution in [0.15, 0.2) is 12.1 Å². The molecule has 0 saturated carbocycles. The molecule has 0 saturated heterocycles. The molecule has 0 aromatic heterocycles. The molecule has 1 aromatic rings. The van der Waals surface area contributed by atoms with Crippen LogP contribution in [0.1, 0.15) is 83.1 Å². The Bertz CT molecular complexity index is 807. The van der Waals surface area contributed by atoms with Crippen LogP contribution in [0.25, 0.3) is 0 Å². The zero-order valence-electron chi connectivity index (χ0n) is 22.0. The van der Waals surface area contributed by atoms with Gasteiger partial charge >= 0.3 is 212 Å². The van der Waals surface area contributed by atoms with E-state index < -0.39 is 22.7 Å². The van der Waals surface area contributed by atoms with Gasteiger partial charge < -0.3 is 0 Å². The van der Waals surface area contributed by atoms with Crippen LogP contribution in [0.2, 0.25) is 0 Å². The van der Waals surface area contributed by atoms with Gasteiger partial charge in [0, 0.05) is 0 Å². The predicted octanol–water partition coefficient (Wildman–Crippen LogP) is 8.10. The summed E-state index contributed by atoms with van der Waals surface area (Å²) in [5, 5.41) is 7.29. The number of hydrogen-bond donors (Lipinski definition) is 2. The first-order valence-corrected chi connectivity index (χ1v) is 19.5. The Morgan fingerprint density at radius 3 is 1.00 bits per heavy atom. The van der Waals surface area contributed by atoms with Crippen molar-refractivity contribution in [3.8, 4) is 0 Å². The maximum atomic E-state index is 14.3. The van der Waals surface area contributed by atoms with Crippen molar-refractivity contribution in [2.75, 3.05) is 23.2 Å². The summed E-state index contributed by atoms with van der Waals surface area (Å²) in [6.07, 6.45) is 1.41. The molecule has 8 heteroatoms. The number of nitrogens with one attached hydrogen (secondary N) is 2. The Kier molecular flexibility index (Phi) is 9.48. The van der Waals surface area contributed by atoms with Crippen LogP contribution in [0, 0.1) is 11.6 Å². The first kappa shape index (κ1) is 30.6. The average molecular weight is 618 g/mol. The third kappa shape index (κ3) is 6.42. The molecule has 2 nitrogen and oxygen atoms in total. The van der Waals surface area contributed by atoms with E-state index in [1.54, 1.807) is 0 Å². The van der Waals surface area contributed by atoms with Gasteiger partial charge in [0.1, 0.15) is 0 Å². The van der Waals surface area contributed by atoms with Gasteiger partial charge in [0.2, 0.25) is 0 Å². The van der Waals surface area contributed by atoms with Gasteiger partial charge in [-0.3, -0.25) is 0 Å². The molecule has 0 bridgehead atoms. The third-order valence-electron chi connectivity index (χ3n) is 6.38. The van der Waals surface area contributed by atoms with Crippen molar-refractivity contribution in [2.24, 2.45) is 0 Å². The fourth-order valence-corrected chi connectivity index (χ4v) is 11.7. The molecular weight excluding hydrogens is 574 g/mol. The van der Waals surface area contributed by atoms with E-state index >= 15 is 0 Å². The molecule has 0 spiro atoms. The maximum absolute atomic E-state index is 14.3. The van der Waals surface area contributed by atoms with E-state index in [1.165, 1.54) is 12.1 Å². The topological polar surface area (TPSA) is 24.1 Å². The summed E-state index contributed by atoms with van der Waals surface area (Å²) < 4.78 is 28.5. The molecule has 1 aromatic carbocycles. The molecule has 0 fully saturated rings. The second kappa shape index (κ2) is 9.91. The summed E-state index contributed by atoms with van der Waals surface area (Å²) in [6.45, 7) is 27.1. The molecule has 1 rings (SSSR count). The van der Waals surface area contributed by atoms with E-state index in [9.17, 15) is 8.78 Å². The molecular formula is C24H44F2N2P2Se2. The van der Waals surface area contributed by atoms with E-state index in [0.29, 0.717) is 23.9 Å². The van der Waals surface area contributed by atoms with Crippen molar-refractivity contribution in [2.45, 2.75) is 104 Å². The van der Waals surface area contributed by atoms with Gasteiger partial charge in [-0.15, -0.1) is 0 Å². The van der Waals surface area contributed by atoms with E-state index in [0.717, 1.165) is 0 Å². The second-order valence-electron chi connectivity index (χ2n) is 12.6. The van der Waals surface area contributed by atoms with Crippen LogP contribution in [0.4, 0.5) is 20.2 Å². The minimum absolute atomic E-state index is 0.0714. The van der Waals surface area contributed by atoms with E-state index in [2.05, 4.69) is 124 Å². The summed E-state index contributed by atoms with van der Waals surface area (Å²) in [6, 6.07) is 2.59. The molecule has 2 N–H and O–H groups in total. The average Bonchev–Trinajstić information content (AvgIpc) is 2.56. The monoisotopic (exact) mass is 620 g/mol. The Morgan fingerprint density at radius 2 is 0.812 bits per heavy atom. The van der Waals surface area contributed by atoms with Gasteiger partial charge in [-0.2, -0.15) is 0 Å². The molecule has 0 unspecified atom stereocenters. The van der Waals surface area contributed by atoms with Crippen LogP contribution in [0.5, 0.6) is 0 Å². The third-order valence-corrected chi connectivity index (χ3v) is 31.7. The minimum atomic E-state index is -1.63. The molecule has 0 atom stereocenters. The van der Waals surface area contributed by atoms with E-state index in [1.807, 2.05) is 0 Å². The molecule has 0 aliphatic rings. The Morgan fingerprint density at radius 1 is 0.594 bits per heavy atom. The first-order chi connectivity index (χ1) is 14.0. The van der Waals surface area contributed by atoms with Crippen molar-refractivity contribution in [1.82, 2.24) is 0 Å². The van der Waals surface area contributed by atoms with Gasteiger partial charge in [0.15, 0.2) is 0 Å². The van der Waals surface area contributed by atoms with Crippen LogP contribution in [-0.2, 0) is 0 Å². The van der Waals surface area contributed by atoms with Crippen molar-refractivity contribution in [3.05, 3.63) is 23.8 Å². The molecule has 186 valence electrons. The number of hydrogen-bond acceptors (Lipinski definition) is 2. The van der Waals surface area contributed by atoms with Crippen molar-refractivity contribution >= 4 is 52.6 Å². The predicted molar refractivity (Wildman–Crippen MR) is 148 cm³/mol. The summed E-state index contributed by atoms with van der Waals surface area (Å²) in [7, 11) is 0. The van der Waals surface area contributed by atoms with Gasteiger partial charge in [-0.05, 0) is 0 Å². The molecule has 0 heterocycles. The molecule has 0 radical (unpaired) electrons. The van der Waals surface area contributed by atoms with Crippen LogP contribution in [-0.4, -0.2) is 63.4 Å². The SMILES string of the molecule is CC(C)(C)P(=[Se])(CNc1cc(F)c(F)cc1NCP(=[Se])(C(C)(C)C)C(C)(C)C)C(C)(C)C. The fourth-order valence-electron chi connectivity index (χ4n) is 4.19. The van der Waals surface area contributed by atoms with E-state index in [-0.39, 0.29) is 20.6 Å². The number of halogens is 2. The Labute approximate surface area is 211 Å². The van der Waals surface area contributed by atoms with Crippen LogP contribution >= 0.6 is 11.0 Å². The molecule has 32 heavy (non-hydrogen) atoms. The normalized spacial score (nSPS) is 14.4. The summed E-state index contributed by atoms with van der Waals surface area (Å²) in [5.41, 5.74) is -2.03. The van der Waals surface area contributed by atoms with Gasteiger partial charge in [-0.25, -0.2) is 0 Å². The van der Waals surface area contributed by atoms with Gasteiger partial charge in [0.05, 0.1) is 0 Å². The number of rotatable bonds is 6. The van der Waals surface area contributed by atoms with E-state index in [4.69, 9.17) is 0 Å². The first-order valence-electron chi connectivity index (χ1n) is 11.1. The zero-order valence-corrected chi connectivity index (χ0v) is 27.3. The summed E-state index contributed by atoms with van der Waals surface area (Å²) in [4.78, 5) is 0. The number of anilines is 2. The summed E-state index contributed by atoms with van der Waals surface area (Å²) >= 11 is 7.09. The van der Waals surface area contributed by atoms with Crippen molar-refractivity contribution < 1.29 is 8.78 Å². The van der Waals surface area contributed by atoms with Crippen LogP contribution < -0.4 is 10.6 Å². The molecule has 0 aliphatic carbocycles. The molecule has 0 amide bonds. The Balaban J connectivity index is 3.38. The molecule has 0 aliphatic heterocycles. The zero-order chi connectivity index (χ0) is 25.6. The fraction of sp³-hybridized carbons (Fsp3) is 0.750. The van der Waals surface area contributed by atoms with Crippen molar-refractivity contribution in [1.29, 1.82) is 0 Å². The Hall–Kier alpha value is 0.579. The van der Waals surface area contributed by atoms with Gasteiger partial charge in [-0.1, -0.05) is 0 Å². The second-order valence-corrected chi connectivity index (χ2v) is 29.4. The van der Waals surface area contributed by atoms with Crippen molar-refractivity contribution in [3.63, 3.8) is 0 Å².